The maximum atomic E-state index is 4.69. The molecule has 3 fully saturated rings. The van der Waals surface area contributed by atoms with Crippen LogP contribution in [0.3, 0.4) is 0 Å². The molecule has 7 heteroatoms. The molecule has 0 radical (unpaired) electrons. The SMILES string of the molecule is c1nc(C2CCC2)cc(N2CC3CN(Cc4cnon4)CC3C2)n1. The predicted octanol–water partition coefficient (Wildman–Crippen LogP) is 1.70. The van der Waals surface area contributed by atoms with Crippen molar-refractivity contribution in [3.05, 3.63) is 30.0 Å². The number of rotatable bonds is 4. The molecule has 4 heterocycles. The number of anilines is 1. The Kier molecular flexibility index (Phi) is 3.47. The number of fused-ring (bicyclic) bond motifs is 1. The van der Waals surface area contributed by atoms with Gasteiger partial charge in [0.05, 0.1) is 6.20 Å². The summed E-state index contributed by atoms with van der Waals surface area (Å²) in [5.41, 5.74) is 2.16. The second-order valence-corrected chi connectivity index (χ2v) is 7.45. The lowest BCUT2D eigenvalue weighted by Crippen LogP contribution is -2.29. The van der Waals surface area contributed by atoms with Gasteiger partial charge in [0, 0.05) is 50.4 Å². The van der Waals surface area contributed by atoms with Gasteiger partial charge in [-0.05, 0) is 24.7 Å². The topological polar surface area (TPSA) is 71.2 Å². The predicted molar refractivity (Wildman–Crippen MR) is 87.4 cm³/mol. The maximum absolute atomic E-state index is 4.69. The van der Waals surface area contributed by atoms with Gasteiger partial charge in [-0.3, -0.25) is 4.90 Å². The Hall–Kier alpha value is -2.02. The van der Waals surface area contributed by atoms with E-state index in [4.69, 9.17) is 0 Å². The fraction of sp³-hybridized carbons (Fsp3) is 0.647. The molecule has 1 aliphatic carbocycles. The Bertz CT molecular complexity index is 687. The minimum Gasteiger partial charge on any atom is -0.356 e. The van der Waals surface area contributed by atoms with Crippen LogP contribution in [0.1, 0.15) is 36.6 Å². The smallest absolute Gasteiger partial charge is 0.132 e. The van der Waals surface area contributed by atoms with E-state index in [-0.39, 0.29) is 0 Å². The van der Waals surface area contributed by atoms with Crippen molar-refractivity contribution in [2.75, 3.05) is 31.1 Å². The van der Waals surface area contributed by atoms with Crippen molar-refractivity contribution in [1.82, 2.24) is 25.2 Å². The van der Waals surface area contributed by atoms with Crippen LogP contribution in [0.2, 0.25) is 0 Å². The molecule has 3 aliphatic rings. The molecule has 24 heavy (non-hydrogen) atoms. The third-order valence-corrected chi connectivity index (χ3v) is 5.88. The van der Waals surface area contributed by atoms with E-state index in [0.717, 1.165) is 44.2 Å². The van der Waals surface area contributed by atoms with E-state index in [0.29, 0.717) is 17.8 Å². The molecule has 126 valence electrons. The molecule has 0 amide bonds. The van der Waals surface area contributed by atoms with Gasteiger partial charge in [-0.1, -0.05) is 16.7 Å². The van der Waals surface area contributed by atoms with E-state index in [1.54, 1.807) is 12.5 Å². The highest BCUT2D eigenvalue weighted by molar-refractivity contribution is 5.42. The molecule has 1 saturated carbocycles. The average molecular weight is 326 g/mol. The van der Waals surface area contributed by atoms with Crippen LogP contribution in [0.4, 0.5) is 5.82 Å². The summed E-state index contributed by atoms with van der Waals surface area (Å²) in [6.07, 6.45) is 7.38. The molecule has 0 spiro atoms. The summed E-state index contributed by atoms with van der Waals surface area (Å²) < 4.78 is 4.69. The van der Waals surface area contributed by atoms with Crippen LogP contribution >= 0.6 is 0 Å². The molecule has 2 aliphatic heterocycles. The quantitative estimate of drug-likeness (QED) is 0.846. The Morgan fingerprint density at radius 2 is 1.92 bits per heavy atom. The van der Waals surface area contributed by atoms with Gasteiger partial charge in [0.2, 0.25) is 0 Å². The second kappa shape index (κ2) is 5.81. The van der Waals surface area contributed by atoms with Crippen LogP contribution in [0.25, 0.3) is 0 Å². The van der Waals surface area contributed by atoms with Gasteiger partial charge in [0.15, 0.2) is 0 Å². The zero-order chi connectivity index (χ0) is 15.9. The molecule has 2 aromatic rings. The van der Waals surface area contributed by atoms with Crippen molar-refractivity contribution in [3.63, 3.8) is 0 Å². The second-order valence-electron chi connectivity index (χ2n) is 7.45. The van der Waals surface area contributed by atoms with Crippen molar-refractivity contribution in [1.29, 1.82) is 0 Å². The first-order valence-corrected chi connectivity index (χ1v) is 8.91. The summed E-state index contributed by atoms with van der Waals surface area (Å²) in [5.74, 6) is 3.22. The molecular weight excluding hydrogens is 304 g/mol. The fourth-order valence-electron chi connectivity index (χ4n) is 4.35. The average Bonchev–Trinajstić information content (AvgIpc) is 3.22. The highest BCUT2D eigenvalue weighted by Gasteiger charge is 2.40. The molecule has 0 bridgehead atoms. The summed E-state index contributed by atoms with van der Waals surface area (Å²) in [6.45, 7) is 5.28. The zero-order valence-corrected chi connectivity index (χ0v) is 13.7. The van der Waals surface area contributed by atoms with Crippen molar-refractivity contribution < 1.29 is 4.63 Å². The standard InChI is InChI=1S/C17H22N6O/c1-2-12(3-1)16-4-17(19-11-18-16)23-8-13-6-22(7-14(13)9-23)10-15-5-20-24-21-15/h4-5,11-14H,1-3,6-10H2. The summed E-state index contributed by atoms with van der Waals surface area (Å²) in [5, 5.41) is 7.61. The van der Waals surface area contributed by atoms with Crippen LogP contribution in [0, 0.1) is 11.8 Å². The summed E-state index contributed by atoms with van der Waals surface area (Å²) >= 11 is 0. The molecular formula is C17H22N6O. The molecule has 7 nitrogen and oxygen atoms in total. The Morgan fingerprint density at radius 3 is 2.58 bits per heavy atom. The lowest BCUT2D eigenvalue weighted by molar-refractivity contribution is 0.276. The van der Waals surface area contributed by atoms with Gasteiger partial charge in [0.25, 0.3) is 0 Å². The zero-order valence-electron chi connectivity index (χ0n) is 13.7. The summed E-state index contributed by atoms with van der Waals surface area (Å²) in [4.78, 5) is 13.9. The number of likely N-dealkylation sites (tertiary alicyclic amines) is 1. The van der Waals surface area contributed by atoms with E-state index in [1.807, 2.05) is 0 Å². The monoisotopic (exact) mass is 326 g/mol. The molecule has 2 aromatic heterocycles. The van der Waals surface area contributed by atoms with Gasteiger partial charge in [-0.15, -0.1) is 0 Å². The fourth-order valence-corrected chi connectivity index (χ4v) is 4.35. The third-order valence-electron chi connectivity index (χ3n) is 5.88. The normalized spacial score (nSPS) is 27.4. The Labute approximate surface area is 141 Å². The molecule has 0 aromatic carbocycles. The Balaban J connectivity index is 1.23. The molecule has 2 saturated heterocycles. The van der Waals surface area contributed by atoms with E-state index in [2.05, 4.69) is 40.8 Å². The number of aromatic nitrogens is 4. The van der Waals surface area contributed by atoms with E-state index in [9.17, 15) is 0 Å². The highest BCUT2D eigenvalue weighted by atomic mass is 16.6. The van der Waals surface area contributed by atoms with Gasteiger partial charge >= 0.3 is 0 Å². The first kappa shape index (κ1) is 14.3. The van der Waals surface area contributed by atoms with Gasteiger partial charge in [0.1, 0.15) is 17.8 Å². The molecule has 2 unspecified atom stereocenters. The number of hydrogen-bond donors (Lipinski definition) is 0. The van der Waals surface area contributed by atoms with E-state index in [1.165, 1.54) is 25.0 Å². The van der Waals surface area contributed by atoms with Crippen molar-refractivity contribution in [2.24, 2.45) is 11.8 Å². The molecule has 5 rings (SSSR count). The number of hydrogen-bond acceptors (Lipinski definition) is 7. The van der Waals surface area contributed by atoms with Crippen LogP contribution in [0.5, 0.6) is 0 Å². The Morgan fingerprint density at radius 1 is 1.08 bits per heavy atom. The van der Waals surface area contributed by atoms with Crippen molar-refractivity contribution >= 4 is 5.82 Å². The third kappa shape index (κ3) is 2.56. The van der Waals surface area contributed by atoms with Crippen LogP contribution < -0.4 is 4.90 Å². The largest absolute Gasteiger partial charge is 0.356 e. The lowest BCUT2D eigenvalue weighted by atomic mass is 9.83. The minimum atomic E-state index is 0.667. The van der Waals surface area contributed by atoms with Crippen LogP contribution in [-0.2, 0) is 6.54 Å². The van der Waals surface area contributed by atoms with Crippen molar-refractivity contribution in [3.8, 4) is 0 Å². The van der Waals surface area contributed by atoms with Crippen LogP contribution in [0.15, 0.2) is 23.2 Å². The van der Waals surface area contributed by atoms with E-state index < -0.39 is 0 Å². The van der Waals surface area contributed by atoms with Gasteiger partial charge in [-0.25, -0.2) is 14.6 Å². The van der Waals surface area contributed by atoms with Gasteiger partial charge in [-0.2, -0.15) is 0 Å². The summed E-state index contributed by atoms with van der Waals surface area (Å²) in [7, 11) is 0. The number of nitrogens with zero attached hydrogens (tertiary/aromatic N) is 6. The van der Waals surface area contributed by atoms with Crippen LogP contribution in [-0.4, -0.2) is 51.4 Å². The summed E-state index contributed by atoms with van der Waals surface area (Å²) in [6, 6.07) is 2.23. The maximum Gasteiger partial charge on any atom is 0.132 e. The van der Waals surface area contributed by atoms with E-state index >= 15 is 0 Å². The highest BCUT2D eigenvalue weighted by Crippen LogP contribution is 2.37. The molecule has 0 N–H and O–H groups in total. The van der Waals surface area contributed by atoms with Gasteiger partial charge < -0.3 is 4.90 Å². The lowest BCUT2D eigenvalue weighted by Gasteiger charge is -2.26. The molecule has 2 atom stereocenters. The van der Waals surface area contributed by atoms with Crippen molar-refractivity contribution in [2.45, 2.75) is 31.7 Å². The first-order valence-electron chi connectivity index (χ1n) is 8.91. The minimum absolute atomic E-state index is 0.667. The first-order chi connectivity index (χ1) is 11.8.